The van der Waals surface area contributed by atoms with Crippen molar-refractivity contribution in [3.8, 4) is 0 Å². The molecule has 116 valence electrons. The van der Waals surface area contributed by atoms with Crippen LogP contribution in [0.1, 0.15) is 41.6 Å². The molecule has 0 amide bonds. The maximum Gasteiger partial charge on any atom is 0.335 e. The number of carboxylic acid groups (broad SMARTS) is 1. The van der Waals surface area contributed by atoms with Crippen molar-refractivity contribution < 1.29 is 22.7 Å². The monoisotopic (exact) mass is 315 g/mol. The second-order valence-corrected chi connectivity index (χ2v) is 7.11. The Morgan fingerprint density at radius 3 is 2.29 bits per heavy atom. The summed E-state index contributed by atoms with van der Waals surface area (Å²) in [6, 6.07) is 1.89. The fourth-order valence-electron chi connectivity index (χ4n) is 2.47. The Hall–Kier alpha value is -1.47. The highest BCUT2D eigenvalue weighted by Crippen LogP contribution is 2.26. The summed E-state index contributed by atoms with van der Waals surface area (Å²) in [7, 11) is -3.86. The fourth-order valence-corrected chi connectivity index (χ4v) is 4.24. The molecule has 1 N–H and O–H groups in total. The minimum absolute atomic E-state index is 0.0377. The Bertz CT molecular complexity index is 649. The molecule has 0 aliphatic carbocycles. The zero-order valence-electron chi connectivity index (χ0n) is 11.8. The molecule has 0 atom stereocenters. The fraction of sp³-hybridized carbons (Fsp3) is 0.500. The highest BCUT2D eigenvalue weighted by Gasteiger charge is 2.28. The number of hydrogen-bond donors (Lipinski definition) is 1. The molecule has 1 saturated heterocycles. The number of hydrogen-bond acceptors (Lipinski definition) is 3. The summed E-state index contributed by atoms with van der Waals surface area (Å²) < 4.78 is 40.5. The first kappa shape index (κ1) is 15.9. The Kier molecular flexibility index (Phi) is 4.63. The summed E-state index contributed by atoms with van der Waals surface area (Å²) in [5.74, 6) is -2.16. The summed E-state index contributed by atoms with van der Waals surface area (Å²) in [6.45, 7) is 2.13. The van der Waals surface area contributed by atoms with E-state index in [0.717, 1.165) is 37.8 Å². The zero-order chi connectivity index (χ0) is 15.6. The molecule has 1 fully saturated rings. The van der Waals surface area contributed by atoms with Gasteiger partial charge in [-0.25, -0.2) is 17.6 Å². The molecule has 0 unspecified atom stereocenters. The van der Waals surface area contributed by atoms with Crippen molar-refractivity contribution in [1.82, 2.24) is 4.31 Å². The first-order valence-corrected chi connectivity index (χ1v) is 8.31. The van der Waals surface area contributed by atoms with Crippen molar-refractivity contribution in [1.29, 1.82) is 0 Å². The van der Waals surface area contributed by atoms with E-state index >= 15 is 0 Å². The van der Waals surface area contributed by atoms with Crippen LogP contribution < -0.4 is 0 Å². The summed E-state index contributed by atoms with van der Waals surface area (Å²) in [6.07, 6.45) is 3.46. The molecule has 0 saturated carbocycles. The second-order valence-electron chi connectivity index (χ2n) is 5.20. The molecule has 1 aliphatic rings. The Morgan fingerprint density at radius 2 is 1.76 bits per heavy atom. The van der Waals surface area contributed by atoms with Crippen LogP contribution in [0.25, 0.3) is 0 Å². The van der Waals surface area contributed by atoms with E-state index in [0.29, 0.717) is 13.1 Å². The van der Waals surface area contributed by atoms with Gasteiger partial charge in [-0.2, -0.15) is 4.31 Å². The number of aromatic carboxylic acids is 1. The van der Waals surface area contributed by atoms with E-state index in [9.17, 15) is 17.6 Å². The van der Waals surface area contributed by atoms with Gasteiger partial charge in [-0.15, -0.1) is 0 Å². The molecule has 2 rings (SSSR count). The number of carbonyl (C=O) groups is 1. The average molecular weight is 315 g/mol. The molecule has 21 heavy (non-hydrogen) atoms. The van der Waals surface area contributed by atoms with E-state index in [4.69, 9.17) is 5.11 Å². The van der Waals surface area contributed by atoms with E-state index in [1.807, 2.05) is 0 Å². The van der Waals surface area contributed by atoms with Crippen LogP contribution in [-0.4, -0.2) is 36.9 Å². The van der Waals surface area contributed by atoms with Gasteiger partial charge in [-0.1, -0.05) is 12.8 Å². The predicted octanol–water partition coefficient (Wildman–Crippen LogP) is 2.40. The molecule has 0 bridgehead atoms. The van der Waals surface area contributed by atoms with E-state index < -0.39 is 21.8 Å². The van der Waals surface area contributed by atoms with E-state index in [1.54, 1.807) is 0 Å². The van der Waals surface area contributed by atoms with Crippen LogP contribution in [0, 0.1) is 12.7 Å². The first-order valence-electron chi connectivity index (χ1n) is 6.87. The van der Waals surface area contributed by atoms with Gasteiger partial charge < -0.3 is 5.11 Å². The SMILES string of the molecule is Cc1c(F)cc(C(=O)O)cc1S(=O)(=O)N1CCCCCC1. The van der Waals surface area contributed by atoms with Crippen LogP contribution in [0.5, 0.6) is 0 Å². The number of carboxylic acids is 1. The third kappa shape index (κ3) is 3.24. The minimum atomic E-state index is -3.86. The summed E-state index contributed by atoms with van der Waals surface area (Å²) in [5, 5.41) is 8.97. The van der Waals surface area contributed by atoms with Gasteiger partial charge in [0.25, 0.3) is 0 Å². The lowest BCUT2D eigenvalue weighted by Crippen LogP contribution is -2.32. The normalized spacial score (nSPS) is 17.4. The summed E-state index contributed by atoms with van der Waals surface area (Å²) in [5.41, 5.74) is -0.393. The topological polar surface area (TPSA) is 74.7 Å². The molecule has 1 aromatic carbocycles. The van der Waals surface area contributed by atoms with Crippen LogP contribution in [0.4, 0.5) is 4.39 Å². The molecule has 5 nitrogen and oxygen atoms in total. The minimum Gasteiger partial charge on any atom is -0.478 e. The van der Waals surface area contributed by atoms with Crippen LogP contribution >= 0.6 is 0 Å². The van der Waals surface area contributed by atoms with Crippen molar-refractivity contribution in [3.63, 3.8) is 0 Å². The van der Waals surface area contributed by atoms with Crippen molar-refractivity contribution in [3.05, 3.63) is 29.1 Å². The molecular weight excluding hydrogens is 297 g/mol. The highest BCUT2D eigenvalue weighted by atomic mass is 32.2. The lowest BCUT2D eigenvalue weighted by Gasteiger charge is -2.21. The zero-order valence-corrected chi connectivity index (χ0v) is 12.6. The number of sulfonamides is 1. The third-order valence-electron chi connectivity index (χ3n) is 3.73. The molecule has 0 spiro atoms. The predicted molar refractivity (Wildman–Crippen MR) is 75.3 cm³/mol. The smallest absolute Gasteiger partial charge is 0.335 e. The van der Waals surface area contributed by atoms with Crippen LogP contribution in [-0.2, 0) is 10.0 Å². The van der Waals surface area contributed by atoms with Crippen LogP contribution in [0.15, 0.2) is 17.0 Å². The van der Waals surface area contributed by atoms with Crippen molar-refractivity contribution in [2.75, 3.05) is 13.1 Å². The Labute approximate surface area is 123 Å². The largest absolute Gasteiger partial charge is 0.478 e. The van der Waals surface area contributed by atoms with Gasteiger partial charge in [-0.05, 0) is 31.9 Å². The van der Waals surface area contributed by atoms with Crippen LogP contribution in [0.2, 0.25) is 0 Å². The van der Waals surface area contributed by atoms with E-state index in [1.165, 1.54) is 11.2 Å². The molecule has 0 radical (unpaired) electrons. The van der Waals surface area contributed by atoms with Crippen molar-refractivity contribution in [2.45, 2.75) is 37.5 Å². The van der Waals surface area contributed by atoms with Gasteiger partial charge in [0.05, 0.1) is 10.5 Å². The highest BCUT2D eigenvalue weighted by molar-refractivity contribution is 7.89. The van der Waals surface area contributed by atoms with Gasteiger partial charge in [0.1, 0.15) is 5.82 Å². The lowest BCUT2D eigenvalue weighted by atomic mass is 10.1. The van der Waals surface area contributed by atoms with Gasteiger partial charge in [0.2, 0.25) is 10.0 Å². The molecule has 1 aromatic rings. The van der Waals surface area contributed by atoms with Crippen molar-refractivity contribution >= 4 is 16.0 Å². The van der Waals surface area contributed by atoms with Gasteiger partial charge in [0.15, 0.2) is 0 Å². The number of benzene rings is 1. The maximum atomic E-state index is 13.8. The number of nitrogens with zero attached hydrogens (tertiary/aromatic N) is 1. The molecule has 0 aromatic heterocycles. The van der Waals surface area contributed by atoms with Gasteiger partial charge >= 0.3 is 5.97 Å². The van der Waals surface area contributed by atoms with E-state index in [-0.39, 0.29) is 16.0 Å². The molecular formula is C14H18FNO4S. The third-order valence-corrected chi connectivity index (χ3v) is 5.75. The molecule has 1 aliphatic heterocycles. The van der Waals surface area contributed by atoms with Gasteiger partial charge in [0, 0.05) is 18.7 Å². The number of halogens is 1. The average Bonchev–Trinajstić information content (AvgIpc) is 2.70. The summed E-state index contributed by atoms with van der Waals surface area (Å²) >= 11 is 0. The molecule has 1 heterocycles. The van der Waals surface area contributed by atoms with Crippen molar-refractivity contribution in [2.24, 2.45) is 0 Å². The lowest BCUT2D eigenvalue weighted by molar-refractivity contribution is 0.0696. The maximum absolute atomic E-state index is 13.8. The molecule has 7 heteroatoms. The van der Waals surface area contributed by atoms with E-state index in [2.05, 4.69) is 0 Å². The van der Waals surface area contributed by atoms with Crippen LogP contribution in [0.3, 0.4) is 0 Å². The standard InChI is InChI=1S/C14H18FNO4S/c1-10-12(15)8-11(14(17)18)9-13(10)21(19,20)16-6-4-2-3-5-7-16/h8-9H,2-7H2,1H3,(H,17,18). The first-order chi connectivity index (χ1) is 9.84. The second kappa shape index (κ2) is 6.11. The summed E-state index contributed by atoms with van der Waals surface area (Å²) in [4.78, 5) is 10.8. The number of rotatable bonds is 3. The quantitative estimate of drug-likeness (QED) is 0.929. The van der Waals surface area contributed by atoms with Gasteiger partial charge in [-0.3, -0.25) is 0 Å². The Balaban J connectivity index is 2.50. The Morgan fingerprint density at radius 1 is 1.19 bits per heavy atom.